The standard InChI is InChI=1S/C17H19FN4S2/c1-11-4-3-5-12(2)15(11)20-17(24)22-21-16(23)19-10-13-6-8-14(18)9-7-13/h3-9H,10H2,1-2H3,(H2,19,21,23)(H2,20,22,24). The van der Waals surface area contributed by atoms with Crippen LogP contribution >= 0.6 is 24.4 Å². The minimum atomic E-state index is -0.260. The van der Waals surface area contributed by atoms with Gasteiger partial charge in [-0.05, 0) is 67.1 Å². The van der Waals surface area contributed by atoms with E-state index in [1.54, 1.807) is 12.1 Å². The largest absolute Gasteiger partial charge is 0.357 e. The summed E-state index contributed by atoms with van der Waals surface area (Å²) in [6.45, 7) is 4.52. The van der Waals surface area contributed by atoms with E-state index in [9.17, 15) is 4.39 Å². The van der Waals surface area contributed by atoms with E-state index in [-0.39, 0.29) is 5.82 Å². The number of aryl methyl sites for hydroxylation is 2. The van der Waals surface area contributed by atoms with Crippen LogP contribution in [-0.4, -0.2) is 10.2 Å². The maximum absolute atomic E-state index is 12.8. The summed E-state index contributed by atoms with van der Waals surface area (Å²) in [6, 6.07) is 12.3. The number of thiocarbonyl (C=S) groups is 2. The van der Waals surface area contributed by atoms with Gasteiger partial charge in [-0.25, -0.2) is 4.39 Å². The van der Waals surface area contributed by atoms with Crippen LogP contribution in [0.5, 0.6) is 0 Å². The average molecular weight is 362 g/mol. The van der Waals surface area contributed by atoms with Crippen LogP contribution in [0.15, 0.2) is 42.5 Å². The zero-order valence-corrected chi connectivity index (χ0v) is 15.1. The van der Waals surface area contributed by atoms with Crippen LogP contribution < -0.4 is 21.5 Å². The molecule has 24 heavy (non-hydrogen) atoms. The zero-order chi connectivity index (χ0) is 17.5. The summed E-state index contributed by atoms with van der Waals surface area (Å²) in [7, 11) is 0. The molecule has 2 aromatic rings. The molecule has 4 N–H and O–H groups in total. The molecule has 0 bridgehead atoms. The second-order valence-electron chi connectivity index (χ2n) is 5.28. The number of para-hydroxylation sites is 1. The van der Waals surface area contributed by atoms with Gasteiger partial charge in [0.2, 0.25) is 0 Å². The highest BCUT2D eigenvalue weighted by atomic mass is 32.1. The maximum atomic E-state index is 12.8. The third-order valence-corrected chi connectivity index (χ3v) is 3.83. The summed E-state index contributed by atoms with van der Waals surface area (Å²) in [5, 5.41) is 6.96. The first-order chi connectivity index (χ1) is 11.5. The molecular formula is C17H19FN4S2. The van der Waals surface area contributed by atoms with Gasteiger partial charge in [0.05, 0.1) is 0 Å². The molecule has 0 heterocycles. The molecule has 7 heteroatoms. The molecule has 2 aromatic carbocycles. The van der Waals surface area contributed by atoms with Gasteiger partial charge < -0.3 is 10.6 Å². The van der Waals surface area contributed by atoms with E-state index in [2.05, 4.69) is 21.5 Å². The van der Waals surface area contributed by atoms with Gasteiger partial charge in [-0.3, -0.25) is 10.9 Å². The van der Waals surface area contributed by atoms with Gasteiger partial charge in [0.1, 0.15) is 5.82 Å². The van der Waals surface area contributed by atoms with E-state index in [0.717, 1.165) is 22.4 Å². The fourth-order valence-corrected chi connectivity index (χ4v) is 2.38. The summed E-state index contributed by atoms with van der Waals surface area (Å²) < 4.78 is 12.8. The summed E-state index contributed by atoms with van der Waals surface area (Å²) in [5.41, 5.74) is 9.77. The first-order valence-electron chi connectivity index (χ1n) is 7.37. The van der Waals surface area contributed by atoms with Crippen molar-refractivity contribution in [3.8, 4) is 0 Å². The Morgan fingerprint density at radius 2 is 1.50 bits per heavy atom. The number of nitrogens with one attached hydrogen (secondary N) is 4. The number of halogens is 1. The molecule has 126 valence electrons. The Bertz CT molecular complexity index is 712. The second kappa shape index (κ2) is 8.56. The minimum absolute atomic E-state index is 0.260. The Kier molecular flexibility index (Phi) is 6.45. The van der Waals surface area contributed by atoms with Crippen LogP contribution in [0.1, 0.15) is 16.7 Å². The van der Waals surface area contributed by atoms with Crippen molar-refractivity contribution < 1.29 is 4.39 Å². The first-order valence-corrected chi connectivity index (χ1v) is 8.19. The van der Waals surface area contributed by atoms with Crippen molar-refractivity contribution in [1.82, 2.24) is 16.2 Å². The molecule has 0 aliphatic rings. The number of benzene rings is 2. The van der Waals surface area contributed by atoms with Crippen LogP contribution in [0.4, 0.5) is 10.1 Å². The lowest BCUT2D eigenvalue weighted by molar-refractivity contribution is 0.626. The Morgan fingerprint density at radius 3 is 2.12 bits per heavy atom. The Morgan fingerprint density at radius 1 is 0.917 bits per heavy atom. The summed E-state index contributed by atoms with van der Waals surface area (Å²) >= 11 is 10.4. The normalized spacial score (nSPS) is 9.96. The van der Waals surface area contributed by atoms with Crippen molar-refractivity contribution in [2.24, 2.45) is 0 Å². The predicted molar refractivity (Wildman–Crippen MR) is 104 cm³/mol. The SMILES string of the molecule is Cc1cccc(C)c1NC(=S)NNC(=S)NCc1ccc(F)cc1. The summed E-state index contributed by atoms with van der Waals surface area (Å²) in [5.74, 6) is -0.260. The lowest BCUT2D eigenvalue weighted by Gasteiger charge is -2.16. The van der Waals surface area contributed by atoms with Gasteiger partial charge in [0.25, 0.3) is 0 Å². The first kappa shape index (κ1) is 18.1. The highest BCUT2D eigenvalue weighted by Gasteiger charge is 2.04. The molecule has 4 nitrogen and oxygen atoms in total. The molecule has 0 aliphatic heterocycles. The number of hydrogen-bond donors (Lipinski definition) is 4. The highest BCUT2D eigenvalue weighted by molar-refractivity contribution is 7.80. The minimum Gasteiger partial charge on any atom is -0.357 e. The molecule has 0 fully saturated rings. The quantitative estimate of drug-likeness (QED) is 0.496. The number of anilines is 1. The molecule has 0 saturated carbocycles. The molecular weight excluding hydrogens is 343 g/mol. The Hall–Kier alpha value is -2.25. The smallest absolute Gasteiger partial charge is 0.189 e. The van der Waals surface area contributed by atoms with Crippen LogP contribution in [0.25, 0.3) is 0 Å². The van der Waals surface area contributed by atoms with Gasteiger partial charge in [0.15, 0.2) is 10.2 Å². The van der Waals surface area contributed by atoms with E-state index in [1.165, 1.54) is 12.1 Å². The van der Waals surface area contributed by atoms with E-state index in [4.69, 9.17) is 24.4 Å². The fraction of sp³-hybridized carbons (Fsp3) is 0.176. The van der Waals surface area contributed by atoms with Crippen molar-refractivity contribution >= 4 is 40.3 Å². The molecule has 0 radical (unpaired) electrons. The third-order valence-electron chi connectivity index (χ3n) is 3.38. The van der Waals surface area contributed by atoms with E-state index >= 15 is 0 Å². The maximum Gasteiger partial charge on any atom is 0.189 e. The molecule has 0 spiro atoms. The summed E-state index contributed by atoms with van der Waals surface area (Å²) in [6.07, 6.45) is 0. The van der Waals surface area contributed by atoms with E-state index in [1.807, 2.05) is 32.0 Å². The molecule has 2 rings (SSSR count). The number of hydrogen-bond acceptors (Lipinski definition) is 2. The zero-order valence-electron chi connectivity index (χ0n) is 13.4. The van der Waals surface area contributed by atoms with Crippen LogP contribution in [0, 0.1) is 19.7 Å². The lowest BCUT2D eigenvalue weighted by Crippen LogP contribution is -2.48. The van der Waals surface area contributed by atoms with E-state index in [0.29, 0.717) is 16.8 Å². The Balaban J connectivity index is 1.77. The average Bonchev–Trinajstić information content (AvgIpc) is 2.56. The molecule has 0 saturated heterocycles. The number of rotatable bonds is 3. The van der Waals surface area contributed by atoms with Gasteiger partial charge in [-0.1, -0.05) is 30.3 Å². The van der Waals surface area contributed by atoms with Crippen LogP contribution in [0.2, 0.25) is 0 Å². The summed E-state index contributed by atoms with van der Waals surface area (Å²) in [4.78, 5) is 0. The van der Waals surface area contributed by atoms with Gasteiger partial charge in [0, 0.05) is 12.2 Å². The highest BCUT2D eigenvalue weighted by Crippen LogP contribution is 2.18. The number of hydrazine groups is 1. The van der Waals surface area contributed by atoms with Crippen molar-refractivity contribution in [1.29, 1.82) is 0 Å². The molecule has 0 amide bonds. The second-order valence-corrected chi connectivity index (χ2v) is 6.10. The van der Waals surface area contributed by atoms with Crippen molar-refractivity contribution in [2.75, 3.05) is 5.32 Å². The Labute approximate surface area is 151 Å². The molecule has 0 aromatic heterocycles. The monoisotopic (exact) mass is 362 g/mol. The van der Waals surface area contributed by atoms with Crippen LogP contribution in [-0.2, 0) is 6.54 Å². The van der Waals surface area contributed by atoms with Crippen LogP contribution in [0.3, 0.4) is 0 Å². The fourth-order valence-electron chi connectivity index (χ4n) is 2.10. The lowest BCUT2D eigenvalue weighted by atomic mass is 10.1. The van der Waals surface area contributed by atoms with Crippen molar-refractivity contribution in [3.05, 3.63) is 65.0 Å². The predicted octanol–water partition coefficient (Wildman–Crippen LogP) is 3.31. The van der Waals surface area contributed by atoms with E-state index < -0.39 is 0 Å². The third kappa shape index (κ3) is 5.43. The van der Waals surface area contributed by atoms with Crippen molar-refractivity contribution in [2.45, 2.75) is 20.4 Å². The van der Waals surface area contributed by atoms with Gasteiger partial charge >= 0.3 is 0 Å². The van der Waals surface area contributed by atoms with Gasteiger partial charge in [-0.2, -0.15) is 0 Å². The molecule has 0 unspecified atom stereocenters. The topological polar surface area (TPSA) is 48.1 Å². The van der Waals surface area contributed by atoms with Crippen molar-refractivity contribution in [3.63, 3.8) is 0 Å². The molecule has 0 atom stereocenters. The van der Waals surface area contributed by atoms with Gasteiger partial charge in [-0.15, -0.1) is 0 Å². The molecule has 0 aliphatic carbocycles.